The molecule has 0 N–H and O–H groups in total. The maximum Gasteiger partial charge on any atom is 0.525 e. The highest BCUT2D eigenvalue weighted by Gasteiger charge is 2.41. The summed E-state index contributed by atoms with van der Waals surface area (Å²) in [6, 6.07) is 45.8. The lowest BCUT2D eigenvalue weighted by Crippen LogP contribution is -2.57. The second-order valence-corrected chi connectivity index (χ2v) is 16.6. The normalized spacial score (nSPS) is 14.1. The van der Waals surface area contributed by atoms with Crippen LogP contribution in [0.4, 0.5) is 11.5 Å². The number of para-hydroxylation sites is 2. The molecule has 0 radical (unpaired) electrons. The molecular formula is C38H29BN4O2Si. The fourth-order valence-electron chi connectivity index (χ4n) is 6.90. The maximum atomic E-state index is 6.62. The first kappa shape index (κ1) is 26.8. The maximum absolute atomic E-state index is 6.62. The van der Waals surface area contributed by atoms with Crippen LogP contribution >= 0.6 is 0 Å². The molecule has 46 heavy (non-hydrogen) atoms. The second kappa shape index (κ2) is 10.2. The van der Waals surface area contributed by atoms with Gasteiger partial charge in [0, 0.05) is 12.3 Å². The molecule has 0 saturated heterocycles. The van der Waals surface area contributed by atoms with E-state index in [-0.39, 0.29) is 7.05 Å². The summed E-state index contributed by atoms with van der Waals surface area (Å²) in [5.74, 6) is 3.10. The molecule has 7 aromatic rings. The second-order valence-electron chi connectivity index (χ2n) is 12.3. The van der Waals surface area contributed by atoms with E-state index in [1.54, 1.807) is 0 Å². The third-order valence-corrected chi connectivity index (χ3v) is 12.6. The summed E-state index contributed by atoms with van der Waals surface area (Å²) in [5.41, 5.74) is 6.55. The van der Waals surface area contributed by atoms with Gasteiger partial charge in [0.2, 0.25) is 0 Å². The number of hydrogen-bond acceptors (Lipinski definition) is 4. The molecule has 6 nitrogen and oxygen atoms in total. The summed E-state index contributed by atoms with van der Waals surface area (Å²) in [4.78, 5) is 6.80. The smallest absolute Gasteiger partial charge is 0.525 e. The molecule has 8 heteroatoms. The van der Waals surface area contributed by atoms with Crippen LogP contribution < -0.4 is 34.6 Å². The van der Waals surface area contributed by atoms with Gasteiger partial charge >= 0.3 is 7.05 Å². The monoisotopic (exact) mass is 612 g/mol. The Morgan fingerprint density at radius 2 is 1.48 bits per heavy atom. The molecule has 0 aliphatic carbocycles. The molecule has 0 amide bonds. The first-order chi connectivity index (χ1) is 22.6. The van der Waals surface area contributed by atoms with Crippen LogP contribution in [0.2, 0.25) is 13.1 Å². The lowest BCUT2D eigenvalue weighted by molar-refractivity contribution is -0.572. The minimum absolute atomic E-state index is 0.333. The molecular weight excluding hydrogens is 583 g/mol. The summed E-state index contributed by atoms with van der Waals surface area (Å²) in [6.45, 7) is 4.86. The minimum Gasteiger partial charge on any atom is -0.536 e. The molecule has 0 fully saturated rings. The van der Waals surface area contributed by atoms with Gasteiger partial charge in [0.05, 0.1) is 28.1 Å². The van der Waals surface area contributed by atoms with Crippen molar-refractivity contribution < 1.29 is 14.0 Å². The van der Waals surface area contributed by atoms with Crippen molar-refractivity contribution in [1.29, 1.82) is 0 Å². The van der Waals surface area contributed by atoms with Crippen LogP contribution in [0.3, 0.4) is 0 Å². The quantitative estimate of drug-likeness (QED) is 0.137. The predicted octanol–water partition coefficient (Wildman–Crippen LogP) is 5.96. The Kier molecular flexibility index (Phi) is 5.95. The molecule has 0 atom stereocenters. The molecule has 5 aromatic carbocycles. The highest BCUT2D eigenvalue weighted by Crippen LogP contribution is 2.43. The Morgan fingerprint density at radius 1 is 0.739 bits per heavy atom. The van der Waals surface area contributed by atoms with Gasteiger partial charge in [-0.3, -0.25) is 9.13 Å². The van der Waals surface area contributed by atoms with Gasteiger partial charge in [0.25, 0.3) is 6.33 Å². The van der Waals surface area contributed by atoms with Gasteiger partial charge in [-0.15, -0.1) is 0 Å². The van der Waals surface area contributed by atoms with Gasteiger partial charge in [-0.2, -0.15) is 0 Å². The Balaban J connectivity index is 1.13. The van der Waals surface area contributed by atoms with E-state index < -0.39 is 8.07 Å². The molecule has 0 bridgehead atoms. The molecule has 9 rings (SSSR count). The van der Waals surface area contributed by atoms with Crippen molar-refractivity contribution in [3.8, 4) is 28.6 Å². The zero-order valence-electron chi connectivity index (χ0n) is 25.5. The lowest BCUT2D eigenvalue weighted by Gasteiger charge is -2.32. The number of pyridine rings is 1. The Labute approximate surface area is 268 Å². The fraction of sp³-hybridized carbons (Fsp3) is 0.0526. The van der Waals surface area contributed by atoms with Crippen LogP contribution in [0.1, 0.15) is 0 Å². The molecule has 2 aliphatic rings. The Hall–Kier alpha value is -5.60. The average molecular weight is 613 g/mol. The molecule has 2 aliphatic heterocycles. The zero-order chi connectivity index (χ0) is 30.8. The van der Waals surface area contributed by atoms with Crippen molar-refractivity contribution in [3.05, 3.63) is 146 Å². The standard InChI is InChI=1S/C38H29BN4O2Si/c1-46(2)35-22-20-30(25-33(35)42-26-41(28-14-7-4-8-15-28)31-16-11-17-36(46)38(31)42)44-29-19-21-34-32(24-29)43(37-18-9-10-23-40-37)39(45-34)27-12-5-3-6-13-27/h3-25H,1-2H3. The van der Waals surface area contributed by atoms with Crippen molar-refractivity contribution in [2.45, 2.75) is 13.1 Å². The number of ether oxygens (including phenoxy) is 1. The summed E-state index contributed by atoms with van der Waals surface area (Å²) < 4.78 is 17.5. The Bertz CT molecular complexity index is 2260. The van der Waals surface area contributed by atoms with Crippen molar-refractivity contribution in [2.75, 3.05) is 4.81 Å². The van der Waals surface area contributed by atoms with Crippen molar-refractivity contribution in [1.82, 2.24) is 9.55 Å². The predicted molar refractivity (Wildman–Crippen MR) is 186 cm³/mol. The lowest BCUT2D eigenvalue weighted by atomic mass is 9.72. The van der Waals surface area contributed by atoms with E-state index in [1.165, 1.54) is 15.9 Å². The molecule has 220 valence electrons. The number of rotatable bonds is 5. The van der Waals surface area contributed by atoms with E-state index in [0.717, 1.165) is 51.1 Å². The first-order valence-electron chi connectivity index (χ1n) is 15.5. The number of nitrogens with zero attached hydrogens (tertiary/aromatic N) is 4. The van der Waals surface area contributed by atoms with E-state index in [2.05, 4.69) is 111 Å². The first-order valence-corrected chi connectivity index (χ1v) is 18.5. The highest BCUT2D eigenvalue weighted by atomic mass is 28.3. The number of aromatic nitrogens is 3. The average Bonchev–Trinajstić information content (AvgIpc) is 3.68. The Morgan fingerprint density at radius 3 is 2.26 bits per heavy atom. The van der Waals surface area contributed by atoms with Gasteiger partial charge in [0.15, 0.2) is 0 Å². The third-order valence-electron chi connectivity index (χ3n) is 9.13. The summed E-state index contributed by atoms with van der Waals surface area (Å²) in [5, 5.41) is 2.78. The van der Waals surface area contributed by atoms with Gasteiger partial charge in [-0.1, -0.05) is 92.0 Å². The molecule has 4 heterocycles. The van der Waals surface area contributed by atoms with Crippen molar-refractivity contribution in [2.24, 2.45) is 0 Å². The van der Waals surface area contributed by atoms with Gasteiger partial charge in [0.1, 0.15) is 31.1 Å². The number of benzene rings is 5. The number of fused-ring (bicyclic) bond motifs is 3. The highest BCUT2D eigenvalue weighted by molar-refractivity contribution is 7.02. The molecule has 0 saturated carbocycles. The van der Waals surface area contributed by atoms with Crippen LogP contribution in [0.15, 0.2) is 140 Å². The zero-order valence-corrected chi connectivity index (χ0v) is 26.5. The van der Waals surface area contributed by atoms with Gasteiger partial charge in [-0.25, -0.2) is 4.98 Å². The van der Waals surface area contributed by atoms with Crippen LogP contribution in [0.5, 0.6) is 17.2 Å². The van der Waals surface area contributed by atoms with E-state index >= 15 is 0 Å². The van der Waals surface area contributed by atoms with E-state index in [1.807, 2.05) is 66.9 Å². The van der Waals surface area contributed by atoms with Crippen LogP contribution in [-0.2, 0) is 0 Å². The molecule has 0 unspecified atom stereocenters. The summed E-state index contributed by atoms with van der Waals surface area (Å²) in [6.07, 6.45) is 5.49. The van der Waals surface area contributed by atoms with E-state index in [9.17, 15) is 0 Å². The fourth-order valence-corrected chi connectivity index (χ4v) is 9.85. The summed E-state index contributed by atoms with van der Waals surface area (Å²) >= 11 is 0. The van der Waals surface area contributed by atoms with E-state index in [0.29, 0.717) is 0 Å². The summed E-state index contributed by atoms with van der Waals surface area (Å²) in [7, 11) is -2.34. The van der Waals surface area contributed by atoms with Crippen molar-refractivity contribution in [3.63, 3.8) is 0 Å². The van der Waals surface area contributed by atoms with Gasteiger partial charge < -0.3 is 14.2 Å². The third kappa shape index (κ3) is 4.10. The SMILES string of the molecule is C[Si]1(C)c2ccc(Oc3ccc4c(c3)N(c3ccccn3)B(c3ccccc3)O4)cc2-n2[c-][n+](-c3ccccc3)c3cccc1c32. The molecule has 0 spiro atoms. The van der Waals surface area contributed by atoms with E-state index in [4.69, 9.17) is 9.39 Å². The van der Waals surface area contributed by atoms with Crippen LogP contribution in [0.25, 0.3) is 22.4 Å². The largest absolute Gasteiger partial charge is 0.536 e. The number of hydrogen-bond donors (Lipinski definition) is 0. The van der Waals surface area contributed by atoms with Crippen LogP contribution in [0, 0.1) is 6.33 Å². The topological polar surface area (TPSA) is 43.4 Å². The van der Waals surface area contributed by atoms with Crippen LogP contribution in [-0.4, -0.2) is 24.7 Å². The number of anilines is 2. The molecule has 2 aromatic heterocycles. The number of imidazole rings is 1. The minimum atomic E-state index is -2.01. The van der Waals surface area contributed by atoms with Gasteiger partial charge in [-0.05, 0) is 64.4 Å². The van der Waals surface area contributed by atoms with Crippen molar-refractivity contribution >= 4 is 53.5 Å².